The van der Waals surface area contributed by atoms with Gasteiger partial charge in [-0.3, -0.25) is 5.43 Å². The van der Waals surface area contributed by atoms with Crippen molar-refractivity contribution in [1.29, 1.82) is 0 Å². The van der Waals surface area contributed by atoms with Gasteiger partial charge >= 0.3 is 6.18 Å². The molecule has 116 valence electrons. The predicted octanol–water partition coefficient (Wildman–Crippen LogP) is 2.56. The maximum Gasteiger partial charge on any atom is 0.416 e. The first kappa shape index (κ1) is 15.6. The van der Waals surface area contributed by atoms with Crippen molar-refractivity contribution in [2.24, 2.45) is 10.8 Å². The second-order valence-electron chi connectivity index (χ2n) is 5.13. The fourth-order valence-electron chi connectivity index (χ4n) is 2.41. The number of halogens is 3. The van der Waals surface area contributed by atoms with Crippen LogP contribution in [0.25, 0.3) is 0 Å². The minimum Gasteiger partial charge on any atom is -0.353 e. The number of alkyl halides is 3. The van der Waals surface area contributed by atoms with Gasteiger partial charge in [0.2, 0.25) is 5.96 Å². The zero-order valence-corrected chi connectivity index (χ0v) is 11.6. The summed E-state index contributed by atoms with van der Waals surface area (Å²) >= 11 is 0. The van der Waals surface area contributed by atoms with Crippen LogP contribution in [-0.4, -0.2) is 12.0 Å². The topological polar surface area (TPSA) is 62.4 Å². The number of hydrogen-bond acceptors (Lipinski definition) is 2. The lowest BCUT2D eigenvalue weighted by Crippen LogP contribution is -2.45. The molecule has 1 fully saturated rings. The van der Waals surface area contributed by atoms with Crippen molar-refractivity contribution in [2.45, 2.75) is 44.4 Å². The summed E-state index contributed by atoms with van der Waals surface area (Å²) in [6.07, 6.45) is 0.123. The van der Waals surface area contributed by atoms with E-state index >= 15 is 0 Å². The van der Waals surface area contributed by atoms with Crippen LogP contribution in [0.15, 0.2) is 29.3 Å². The highest BCUT2D eigenvalue weighted by Crippen LogP contribution is 2.29. The van der Waals surface area contributed by atoms with Crippen molar-refractivity contribution in [3.05, 3.63) is 35.4 Å². The minimum atomic E-state index is -4.34. The normalized spacial score (nSPS) is 17.0. The van der Waals surface area contributed by atoms with Gasteiger partial charge in [0.1, 0.15) is 0 Å². The summed E-state index contributed by atoms with van der Waals surface area (Å²) in [5.41, 5.74) is 2.29. The number of rotatable bonds is 3. The van der Waals surface area contributed by atoms with Gasteiger partial charge in [-0.1, -0.05) is 25.0 Å². The van der Waals surface area contributed by atoms with Crippen LogP contribution in [0.1, 0.15) is 36.8 Å². The molecule has 1 aromatic rings. The fraction of sp³-hybridized carbons (Fsp3) is 0.500. The molecule has 0 atom stereocenters. The van der Waals surface area contributed by atoms with Crippen molar-refractivity contribution >= 4 is 5.96 Å². The highest BCUT2D eigenvalue weighted by Gasteiger charge is 2.30. The minimum absolute atomic E-state index is 0.142. The van der Waals surface area contributed by atoms with Crippen LogP contribution in [0, 0.1) is 0 Å². The second kappa shape index (κ2) is 6.80. The molecule has 0 bridgehead atoms. The zero-order valence-electron chi connectivity index (χ0n) is 11.6. The maximum absolute atomic E-state index is 12.6. The van der Waals surface area contributed by atoms with Crippen molar-refractivity contribution in [3.8, 4) is 0 Å². The molecule has 4 N–H and O–H groups in total. The lowest BCUT2D eigenvalue weighted by molar-refractivity contribution is -0.137. The molecule has 0 amide bonds. The van der Waals surface area contributed by atoms with Gasteiger partial charge in [0.15, 0.2) is 0 Å². The number of guanidine groups is 1. The first-order chi connectivity index (χ1) is 9.99. The van der Waals surface area contributed by atoms with Crippen LogP contribution in [0.2, 0.25) is 0 Å². The van der Waals surface area contributed by atoms with Gasteiger partial charge in [-0.25, -0.2) is 10.8 Å². The number of nitrogens with two attached hydrogens (primary N) is 1. The molecule has 0 unspecified atom stereocenters. The smallest absolute Gasteiger partial charge is 0.353 e. The van der Waals surface area contributed by atoms with E-state index in [0.29, 0.717) is 17.6 Å². The predicted molar refractivity (Wildman–Crippen MR) is 75.3 cm³/mol. The molecule has 1 aliphatic rings. The average Bonchev–Trinajstić information content (AvgIpc) is 2.95. The lowest BCUT2D eigenvalue weighted by Gasteiger charge is -2.15. The SMILES string of the molecule is NNC(=NCc1cccc(C(F)(F)F)c1)NC1CCCC1. The van der Waals surface area contributed by atoms with Gasteiger partial charge < -0.3 is 5.32 Å². The van der Waals surface area contributed by atoms with Gasteiger partial charge in [-0.05, 0) is 30.5 Å². The quantitative estimate of drug-likeness (QED) is 0.348. The van der Waals surface area contributed by atoms with E-state index in [1.165, 1.54) is 18.9 Å². The molecule has 2 rings (SSSR count). The Hall–Kier alpha value is -1.76. The Balaban J connectivity index is 2.00. The van der Waals surface area contributed by atoms with Crippen LogP contribution >= 0.6 is 0 Å². The molecule has 7 heteroatoms. The van der Waals surface area contributed by atoms with Crippen LogP contribution in [0.4, 0.5) is 13.2 Å². The Kier molecular flexibility index (Phi) is 5.06. The van der Waals surface area contributed by atoms with E-state index in [0.717, 1.165) is 25.0 Å². The van der Waals surface area contributed by atoms with E-state index in [4.69, 9.17) is 5.84 Å². The number of hydrazine groups is 1. The summed E-state index contributed by atoms with van der Waals surface area (Å²) in [6.45, 7) is 0.142. The first-order valence-corrected chi connectivity index (χ1v) is 6.93. The second-order valence-corrected chi connectivity index (χ2v) is 5.13. The lowest BCUT2D eigenvalue weighted by atomic mass is 10.1. The largest absolute Gasteiger partial charge is 0.416 e. The molecule has 0 heterocycles. The average molecular weight is 300 g/mol. The molecule has 1 saturated carbocycles. The van der Waals surface area contributed by atoms with Gasteiger partial charge in [0, 0.05) is 6.04 Å². The Morgan fingerprint density at radius 3 is 2.62 bits per heavy atom. The van der Waals surface area contributed by atoms with Crippen molar-refractivity contribution in [3.63, 3.8) is 0 Å². The highest BCUT2D eigenvalue weighted by atomic mass is 19.4. The first-order valence-electron chi connectivity index (χ1n) is 6.93. The number of nitrogens with one attached hydrogen (secondary N) is 2. The zero-order chi connectivity index (χ0) is 15.3. The summed E-state index contributed by atoms with van der Waals surface area (Å²) in [5, 5.41) is 3.17. The number of nitrogens with zero attached hydrogens (tertiary/aromatic N) is 1. The third-order valence-corrected chi connectivity index (χ3v) is 3.51. The number of hydrogen-bond donors (Lipinski definition) is 3. The number of aliphatic imine (C=N–C) groups is 1. The summed E-state index contributed by atoms with van der Waals surface area (Å²) in [4.78, 5) is 4.20. The van der Waals surface area contributed by atoms with Gasteiger partial charge in [0.25, 0.3) is 0 Å². The molecule has 1 aliphatic carbocycles. The third-order valence-electron chi connectivity index (χ3n) is 3.51. The van der Waals surface area contributed by atoms with E-state index in [9.17, 15) is 13.2 Å². The highest BCUT2D eigenvalue weighted by molar-refractivity contribution is 5.79. The van der Waals surface area contributed by atoms with E-state index in [2.05, 4.69) is 15.7 Å². The summed E-state index contributed by atoms with van der Waals surface area (Å²) in [5.74, 6) is 5.81. The van der Waals surface area contributed by atoms with E-state index in [1.807, 2.05) is 0 Å². The molecule has 0 aliphatic heterocycles. The molecular weight excluding hydrogens is 281 g/mol. The van der Waals surface area contributed by atoms with E-state index in [-0.39, 0.29) is 6.54 Å². The molecule has 4 nitrogen and oxygen atoms in total. The Morgan fingerprint density at radius 1 is 1.29 bits per heavy atom. The molecule has 0 aromatic heterocycles. The van der Waals surface area contributed by atoms with Crippen LogP contribution < -0.4 is 16.6 Å². The molecular formula is C14H19F3N4. The Labute approximate surface area is 121 Å². The van der Waals surface area contributed by atoms with E-state index < -0.39 is 11.7 Å². The van der Waals surface area contributed by atoms with E-state index in [1.54, 1.807) is 6.07 Å². The Bertz CT molecular complexity index is 493. The maximum atomic E-state index is 12.6. The summed E-state index contributed by atoms with van der Waals surface area (Å²) < 4.78 is 37.9. The molecule has 0 saturated heterocycles. The molecule has 0 radical (unpaired) electrons. The van der Waals surface area contributed by atoms with Gasteiger partial charge in [0.05, 0.1) is 12.1 Å². The molecule has 21 heavy (non-hydrogen) atoms. The summed E-state index contributed by atoms with van der Waals surface area (Å²) in [6, 6.07) is 5.48. The van der Waals surface area contributed by atoms with Crippen molar-refractivity contribution in [2.75, 3.05) is 0 Å². The summed E-state index contributed by atoms with van der Waals surface area (Å²) in [7, 11) is 0. The standard InChI is InChI=1S/C14H19F3N4/c15-14(16,17)11-5-3-4-10(8-11)9-19-13(21-18)20-12-6-1-2-7-12/h3-5,8,12H,1-2,6-7,9,18H2,(H2,19,20,21). The van der Waals surface area contributed by atoms with Crippen LogP contribution in [-0.2, 0) is 12.7 Å². The monoisotopic (exact) mass is 300 g/mol. The van der Waals surface area contributed by atoms with Crippen molar-refractivity contribution < 1.29 is 13.2 Å². The van der Waals surface area contributed by atoms with Gasteiger partial charge in [-0.15, -0.1) is 0 Å². The fourth-order valence-corrected chi connectivity index (χ4v) is 2.41. The Morgan fingerprint density at radius 2 is 2.00 bits per heavy atom. The molecule has 1 aromatic carbocycles. The van der Waals surface area contributed by atoms with Crippen LogP contribution in [0.3, 0.4) is 0 Å². The number of benzene rings is 1. The van der Waals surface area contributed by atoms with Gasteiger partial charge in [-0.2, -0.15) is 13.2 Å². The van der Waals surface area contributed by atoms with Crippen LogP contribution in [0.5, 0.6) is 0 Å². The van der Waals surface area contributed by atoms with Crippen molar-refractivity contribution in [1.82, 2.24) is 10.7 Å². The third kappa shape index (κ3) is 4.63. The molecule has 0 spiro atoms.